The number of nitrogens with zero attached hydrogens (tertiary/aromatic N) is 5. The van der Waals surface area contributed by atoms with Gasteiger partial charge in [-0.15, -0.1) is 0 Å². The van der Waals surface area contributed by atoms with E-state index >= 15 is 0 Å². The minimum atomic E-state index is 0.270. The fourth-order valence-electron chi connectivity index (χ4n) is 5.12. The van der Waals surface area contributed by atoms with E-state index in [4.69, 9.17) is 0 Å². The van der Waals surface area contributed by atoms with Crippen molar-refractivity contribution in [1.82, 2.24) is 24.5 Å². The van der Waals surface area contributed by atoms with Crippen LogP contribution in [0.1, 0.15) is 38.7 Å². The molecule has 3 heterocycles. The zero-order valence-corrected chi connectivity index (χ0v) is 18.5. The highest BCUT2D eigenvalue weighted by molar-refractivity contribution is 5.30. The molecule has 0 aliphatic carbocycles. The maximum atomic E-state index is 9.69. The Morgan fingerprint density at radius 3 is 2.53 bits per heavy atom. The molecule has 2 fully saturated rings. The van der Waals surface area contributed by atoms with Crippen LogP contribution in [0.15, 0.2) is 42.7 Å². The van der Waals surface area contributed by atoms with Gasteiger partial charge < -0.3 is 10.0 Å². The first-order valence-electron chi connectivity index (χ1n) is 11.6. The van der Waals surface area contributed by atoms with Crippen molar-refractivity contribution >= 4 is 0 Å². The van der Waals surface area contributed by atoms with Crippen LogP contribution in [0.4, 0.5) is 0 Å². The summed E-state index contributed by atoms with van der Waals surface area (Å²) < 4.78 is 1.96. The molecule has 2 aliphatic heterocycles. The third-order valence-electron chi connectivity index (χ3n) is 6.84. The lowest BCUT2D eigenvalue weighted by Crippen LogP contribution is -2.58. The number of aliphatic hydroxyl groups excluding tert-OH is 1. The summed E-state index contributed by atoms with van der Waals surface area (Å²) in [7, 11) is 0. The minimum absolute atomic E-state index is 0.270. The van der Waals surface area contributed by atoms with E-state index in [0.29, 0.717) is 18.1 Å². The predicted octanol–water partition coefficient (Wildman–Crippen LogP) is 2.61. The molecule has 1 unspecified atom stereocenters. The molecule has 0 bridgehead atoms. The Hall–Kier alpha value is -1.73. The number of piperidine rings is 1. The lowest BCUT2D eigenvalue weighted by Gasteiger charge is -2.48. The van der Waals surface area contributed by atoms with Gasteiger partial charge in [0.25, 0.3) is 0 Å². The van der Waals surface area contributed by atoms with Gasteiger partial charge in [0.15, 0.2) is 0 Å². The van der Waals surface area contributed by atoms with Gasteiger partial charge in [-0.3, -0.25) is 9.80 Å². The number of hydrogen-bond donors (Lipinski definition) is 1. The van der Waals surface area contributed by atoms with Crippen molar-refractivity contribution in [3.05, 3.63) is 48.3 Å². The molecule has 0 saturated carbocycles. The van der Waals surface area contributed by atoms with Crippen molar-refractivity contribution in [2.75, 3.05) is 39.3 Å². The molecular weight excluding hydrogens is 374 g/mol. The second-order valence-electron chi connectivity index (χ2n) is 9.13. The maximum absolute atomic E-state index is 9.69. The summed E-state index contributed by atoms with van der Waals surface area (Å²) in [5.74, 6) is 0. The Balaban J connectivity index is 1.35. The number of aliphatic hydroxyl groups is 1. The fraction of sp³-hybridized carbons (Fsp3) is 0.625. The summed E-state index contributed by atoms with van der Waals surface area (Å²) in [6, 6.07) is 12.0. The van der Waals surface area contributed by atoms with Crippen LogP contribution in [-0.2, 0) is 6.54 Å². The summed E-state index contributed by atoms with van der Waals surface area (Å²) in [4.78, 5) is 7.84. The van der Waals surface area contributed by atoms with Crippen molar-refractivity contribution in [3.8, 4) is 5.69 Å². The average Bonchev–Trinajstić information content (AvgIpc) is 3.23. The molecule has 0 radical (unpaired) electrons. The summed E-state index contributed by atoms with van der Waals surface area (Å²) in [6.45, 7) is 11.4. The van der Waals surface area contributed by atoms with Gasteiger partial charge in [-0.25, -0.2) is 4.68 Å². The average molecular weight is 412 g/mol. The van der Waals surface area contributed by atoms with Crippen LogP contribution in [0, 0.1) is 0 Å². The predicted molar refractivity (Wildman–Crippen MR) is 121 cm³/mol. The van der Waals surface area contributed by atoms with Crippen molar-refractivity contribution < 1.29 is 5.11 Å². The van der Waals surface area contributed by atoms with Crippen LogP contribution in [0.2, 0.25) is 0 Å². The van der Waals surface area contributed by atoms with Crippen molar-refractivity contribution in [2.24, 2.45) is 0 Å². The first-order valence-corrected chi connectivity index (χ1v) is 11.6. The van der Waals surface area contributed by atoms with Crippen LogP contribution in [0.5, 0.6) is 0 Å². The highest BCUT2D eigenvalue weighted by Crippen LogP contribution is 2.25. The molecule has 1 aromatic carbocycles. The Labute approximate surface area is 181 Å². The maximum Gasteiger partial charge on any atom is 0.0645 e. The number of piperazine rings is 1. The molecule has 1 aromatic heterocycles. The topological polar surface area (TPSA) is 47.8 Å². The van der Waals surface area contributed by atoms with E-state index in [-0.39, 0.29) is 6.61 Å². The molecule has 2 aromatic rings. The van der Waals surface area contributed by atoms with E-state index in [1.807, 2.05) is 29.1 Å². The summed E-state index contributed by atoms with van der Waals surface area (Å²) in [5.41, 5.74) is 2.35. The van der Waals surface area contributed by atoms with Gasteiger partial charge >= 0.3 is 0 Å². The molecule has 0 spiro atoms. The van der Waals surface area contributed by atoms with Crippen LogP contribution >= 0.6 is 0 Å². The number of rotatable bonds is 7. The van der Waals surface area contributed by atoms with E-state index in [2.05, 4.69) is 52.0 Å². The molecule has 1 N–H and O–H groups in total. The minimum Gasteiger partial charge on any atom is -0.396 e. The van der Waals surface area contributed by atoms with Crippen molar-refractivity contribution in [2.45, 2.75) is 57.8 Å². The molecule has 0 amide bonds. The Kier molecular flexibility index (Phi) is 7.20. The van der Waals surface area contributed by atoms with Gasteiger partial charge in [0.1, 0.15) is 0 Å². The molecule has 6 nitrogen and oxygen atoms in total. The van der Waals surface area contributed by atoms with Gasteiger partial charge in [0.2, 0.25) is 0 Å². The van der Waals surface area contributed by atoms with Crippen molar-refractivity contribution in [3.63, 3.8) is 0 Å². The molecule has 2 aliphatic rings. The lowest BCUT2D eigenvalue weighted by atomic mass is 9.97. The lowest BCUT2D eigenvalue weighted by molar-refractivity contribution is -0.0000322. The molecule has 6 heteroatoms. The zero-order valence-electron chi connectivity index (χ0n) is 18.5. The quantitative estimate of drug-likeness (QED) is 0.759. The Morgan fingerprint density at radius 1 is 1.07 bits per heavy atom. The number of likely N-dealkylation sites (tertiary alicyclic amines) is 1. The SMILES string of the molecule is CC(C)N1CCC(N2CCN(Cc3cnn(-c4ccccc4)c3)CC2CCO)CC1. The van der Waals surface area contributed by atoms with E-state index in [9.17, 15) is 5.11 Å². The number of benzene rings is 1. The summed E-state index contributed by atoms with van der Waals surface area (Å²) in [5, 5.41) is 14.2. The smallest absolute Gasteiger partial charge is 0.0645 e. The normalized spacial score (nSPS) is 22.7. The van der Waals surface area contributed by atoms with E-state index in [1.54, 1.807) is 0 Å². The largest absolute Gasteiger partial charge is 0.396 e. The summed E-state index contributed by atoms with van der Waals surface area (Å²) >= 11 is 0. The van der Waals surface area contributed by atoms with Crippen LogP contribution in [0.25, 0.3) is 5.69 Å². The van der Waals surface area contributed by atoms with Gasteiger partial charge in [-0.1, -0.05) is 18.2 Å². The molecule has 30 heavy (non-hydrogen) atoms. The highest BCUT2D eigenvalue weighted by Gasteiger charge is 2.33. The third kappa shape index (κ3) is 5.11. The fourth-order valence-corrected chi connectivity index (χ4v) is 5.12. The van der Waals surface area contributed by atoms with Gasteiger partial charge in [-0.05, 0) is 58.3 Å². The van der Waals surface area contributed by atoms with Gasteiger partial charge in [0, 0.05) is 62.7 Å². The monoisotopic (exact) mass is 411 g/mol. The number of aromatic nitrogens is 2. The Morgan fingerprint density at radius 2 is 1.83 bits per heavy atom. The molecular formula is C24H37N5O. The first kappa shape index (κ1) is 21.5. The zero-order chi connectivity index (χ0) is 20.9. The number of para-hydroxylation sites is 1. The van der Waals surface area contributed by atoms with Crippen LogP contribution < -0.4 is 0 Å². The second kappa shape index (κ2) is 10.1. The van der Waals surface area contributed by atoms with E-state index in [0.717, 1.165) is 38.3 Å². The van der Waals surface area contributed by atoms with E-state index in [1.165, 1.54) is 31.5 Å². The summed E-state index contributed by atoms with van der Waals surface area (Å²) in [6.07, 6.45) is 7.50. The molecule has 164 valence electrons. The van der Waals surface area contributed by atoms with Crippen LogP contribution in [-0.4, -0.2) is 87.0 Å². The van der Waals surface area contributed by atoms with E-state index < -0.39 is 0 Å². The third-order valence-corrected chi connectivity index (χ3v) is 6.84. The highest BCUT2D eigenvalue weighted by atomic mass is 16.3. The van der Waals surface area contributed by atoms with Crippen LogP contribution in [0.3, 0.4) is 0 Å². The van der Waals surface area contributed by atoms with Gasteiger partial charge in [0.05, 0.1) is 11.9 Å². The first-order chi connectivity index (χ1) is 14.6. The molecule has 1 atom stereocenters. The molecule has 4 rings (SSSR count). The Bertz CT molecular complexity index is 769. The number of hydrogen-bond acceptors (Lipinski definition) is 5. The molecule has 2 saturated heterocycles. The second-order valence-corrected chi connectivity index (χ2v) is 9.13. The van der Waals surface area contributed by atoms with Gasteiger partial charge in [-0.2, -0.15) is 5.10 Å². The standard InChI is InChI=1S/C24H37N5O/c1-20(2)27-11-8-22(9-12-27)28-14-13-26(19-24(28)10-15-30)17-21-16-25-29(18-21)23-6-4-3-5-7-23/h3-7,16,18,20,22,24,30H,8-15,17,19H2,1-2H3. The van der Waals surface area contributed by atoms with Crippen molar-refractivity contribution in [1.29, 1.82) is 0 Å².